The zero-order valence-electron chi connectivity index (χ0n) is 12.5. The third kappa shape index (κ3) is 2.94. The maximum absolute atomic E-state index is 13.2. The molecular formula is C16H12F3N3O2. The zero-order valence-corrected chi connectivity index (χ0v) is 12.5. The summed E-state index contributed by atoms with van der Waals surface area (Å²) in [6.45, 7) is 1.21. The summed E-state index contributed by atoms with van der Waals surface area (Å²) in [6.07, 6.45) is -2.86. The second-order valence-electron chi connectivity index (χ2n) is 5.07. The first-order chi connectivity index (χ1) is 11.4. The van der Waals surface area contributed by atoms with Crippen molar-refractivity contribution in [2.24, 2.45) is 5.10 Å². The second-order valence-corrected chi connectivity index (χ2v) is 5.07. The van der Waals surface area contributed by atoms with Gasteiger partial charge in [-0.05, 0) is 18.2 Å². The molecule has 24 heavy (non-hydrogen) atoms. The van der Waals surface area contributed by atoms with Gasteiger partial charge in [0.15, 0.2) is 0 Å². The van der Waals surface area contributed by atoms with E-state index in [0.29, 0.717) is 5.56 Å². The van der Waals surface area contributed by atoms with E-state index in [1.54, 1.807) is 12.1 Å². The number of hydrogen-bond donors (Lipinski definition) is 0. The Kier molecular flexibility index (Phi) is 3.96. The van der Waals surface area contributed by atoms with Gasteiger partial charge in [-0.15, -0.1) is 5.10 Å². The molecule has 0 bridgehead atoms. The third-order valence-corrected chi connectivity index (χ3v) is 3.41. The van der Waals surface area contributed by atoms with Crippen molar-refractivity contribution in [1.82, 2.24) is 9.99 Å². The van der Waals surface area contributed by atoms with Crippen LogP contribution in [-0.4, -0.2) is 21.8 Å². The van der Waals surface area contributed by atoms with Crippen LogP contribution in [0.5, 0.6) is 0 Å². The fourth-order valence-corrected chi connectivity index (χ4v) is 2.35. The summed E-state index contributed by atoms with van der Waals surface area (Å²) in [7, 11) is 0. The molecule has 0 fully saturated rings. The largest absolute Gasteiger partial charge is 0.446 e. The Morgan fingerprint density at radius 3 is 2.58 bits per heavy atom. The minimum Gasteiger partial charge on any atom is -0.446 e. The Morgan fingerprint density at radius 1 is 1.21 bits per heavy atom. The van der Waals surface area contributed by atoms with Gasteiger partial charge in [-0.25, -0.2) is 0 Å². The van der Waals surface area contributed by atoms with Gasteiger partial charge >= 0.3 is 6.18 Å². The smallest absolute Gasteiger partial charge is 0.416 e. The van der Waals surface area contributed by atoms with Crippen molar-refractivity contribution in [2.75, 3.05) is 0 Å². The lowest BCUT2D eigenvalue weighted by Crippen LogP contribution is -2.27. The molecule has 0 spiro atoms. The molecule has 1 aliphatic heterocycles. The number of rotatable bonds is 2. The predicted octanol–water partition coefficient (Wildman–Crippen LogP) is 3.34. The van der Waals surface area contributed by atoms with Gasteiger partial charge in [0.25, 0.3) is 0 Å². The summed E-state index contributed by atoms with van der Waals surface area (Å²) in [4.78, 5) is 15.7. The molecular weight excluding hydrogens is 323 g/mol. The monoisotopic (exact) mass is 335 g/mol. The first-order valence-corrected chi connectivity index (χ1v) is 6.99. The van der Waals surface area contributed by atoms with Gasteiger partial charge in [0.1, 0.15) is 0 Å². The van der Waals surface area contributed by atoms with E-state index in [4.69, 9.17) is 4.74 Å². The molecule has 0 aliphatic carbocycles. The van der Waals surface area contributed by atoms with E-state index in [0.717, 1.165) is 11.1 Å². The molecule has 0 saturated heterocycles. The second kappa shape index (κ2) is 5.95. The van der Waals surface area contributed by atoms with Crippen LogP contribution in [0.3, 0.4) is 0 Å². The Labute approximate surface area is 135 Å². The Balaban J connectivity index is 2.03. The lowest BCUT2D eigenvalue weighted by atomic mass is 10.1. The van der Waals surface area contributed by atoms with Crippen molar-refractivity contribution < 1.29 is 22.7 Å². The number of nitrogens with zero attached hydrogens (tertiary/aromatic N) is 3. The van der Waals surface area contributed by atoms with Crippen LogP contribution in [0.4, 0.5) is 13.2 Å². The van der Waals surface area contributed by atoms with Crippen molar-refractivity contribution in [1.29, 1.82) is 0 Å². The number of hydrazone groups is 1. The van der Waals surface area contributed by atoms with Crippen LogP contribution in [0.1, 0.15) is 29.8 Å². The van der Waals surface area contributed by atoms with Gasteiger partial charge in [-0.1, -0.05) is 18.2 Å². The maximum Gasteiger partial charge on any atom is 0.416 e. The molecule has 1 unspecified atom stereocenters. The van der Waals surface area contributed by atoms with Crippen molar-refractivity contribution in [3.8, 4) is 0 Å². The highest BCUT2D eigenvalue weighted by Gasteiger charge is 2.40. The molecule has 1 aromatic heterocycles. The van der Waals surface area contributed by atoms with Crippen LogP contribution in [0.15, 0.2) is 53.9 Å². The number of benzene rings is 1. The molecule has 124 valence electrons. The molecule has 0 N–H and O–H groups in total. The van der Waals surface area contributed by atoms with Crippen LogP contribution >= 0.6 is 0 Å². The summed E-state index contributed by atoms with van der Waals surface area (Å²) < 4.78 is 45.3. The molecule has 0 radical (unpaired) electrons. The number of hydrogen-bond acceptors (Lipinski definition) is 4. The highest BCUT2D eigenvalue weighted by atomic mass is 19.4. The van der Waals surface area contributed by atoms with Crippen molar-refractivity contribution in [2.45, 2.75) is 19.3 Å². The van der Waals surface area contributed by atoms with Crippen LogP contribution in [0.2, 0.25) is 0 Å². The van der Waals surface area contributed by atoms with E-state index in [9.17, 15) is 18.0 Å². The molecule has 5 nitrogen and oxygen atoms in total. The van der Waals surface area contributed by atoms with Crippen LogP contribution in [-0.2, 0) is 15.7 Å². The average Bonchev–Trinajstić information content (AvgIpc) is 3.00. The van der Waals surface area contributed by atoms with E-state index in [-0.39, 0.29) is 11.5 Å². The van der Waals surface area contributed by atoms with Gasteiger partial charge in [0.2, 0.25) is 18.0 Å². The molecule has 2 aromatic rings. The van der Waals surface area contributed by atoms with E-state index < -0.39 is 23.9 Å². The molecule has 1 amide bonds. The number of halogens is 3. The van der Waals surface area contributed by atoms with Gasteiger partial charge < -0.3 is 4.74 Å². The summed E-state index contributed by atoms with van der Waals surface area (Å²) in [5.74, 6) is -0.490. The topological polar surface area (TPSA) is 54.8 Å². The minimum absolute atomic E-state index is 0.0419. The standard InChI is InChI=1S/C16H12F3N3O2/c1-10(23)22-15(12-6-2-3-7-13(12)16(17,18)19)24-14(21-22)11-5-4-8-20-9-11/h2-9,15H,1H3. The van der Waals surface area contributed by atoms with Crippen molar-refractivity contribution in [3.63, 3.8) is 0 Å². The highest BCUT2D eigenvalue weighted by Crippen LogP contribution is 2.39. The maximum atomic E-state index is 13.2. The third-order valence-electron chi connectivity index (χ3n) is 3.41. The van der Waals surface area contributed by atoms with E-state index in [1.807, 2.05) is 0 Å². The fraction of sp³-hybridized carbons (Fsp3) is 0.188. The van der Waals surface area contributed by atoms with E-state index >= 15 is 0 Å². The summed E-state index contributed by atoms with van der Waals surface area (Å²) in [5.41, 5.74) is -0.581. The molecule has 1 aromatic carbocycles. The summed E-state index contributed by atoms with van der Waals surface area (Å²) >= 11 is 0. The predicted molar refractivity (Wildman–Crippen MR) is 78.6 cm³/mol. The van der Waals surface area contributed by atoms with Gasteiger partial charge in [-0.3, -0.25) is 9.78 Å². The van der Waals surface area contributed by atoms with Crippen molar-refractivity contribution >= 4 is 11.8 Å². The Hall–Kier alpha value is -2.90. The number of aromatic nitrogens is 1. The lowest BCUT2D eigenvalue weighted by molar-refractivity contribution is -0.143. The van der Waals surface area contributed by atoms with Crippen LogP contribution < -0.4 is 0 Å². The van der Waals surface area contributed by atoms with E-state index in [1.165, 1.54) is 37.5 Å². The fourth-order valence-electron chi connectivity index (χ4n) is 2.35. The highest BCUT2D eigenvalue weighted by molar-refractivity contribution is 5.96. The lowest BCUT2D eigenvalue weighted by Gasteiger charge is -2.22. The molecule has 1 atom stereocenters. The van der Waals surface area contributed by atoms with Crippen molar-refractivity contribution in [3.05, 3.63) is 65.5 Å². The average molecular weight is 335 g/mol. The quantitative estimate of drug-likeness (QED) is 0.846. The number of alkyl halides is 3. The summed E-state index contributed by atoms with van der Waals surface area (Å²) in [5, 5.41) is 4.91. The molecule has 1 aliphatic rings. The van der Waals surface area contributed by atoms with Gasteiger partial charge in [0, 0.05) is 24.9 Å². The van der Waals surface area contributed by atoms with E-state index in [2.05, 4.69) is 10.1 Å². The normalized spacial score (nSPS) is 17.4. The molecule has 3 rings (SSSR count). The molecule has 2 heterocycles. The van der Waals surface area contributed by atoms with Gasteiger partial charge in [0.05, 0.1) is 11.1 Å². The molecule has 0 saturated carbocycles. The van der Waals surface area contributed by atoms with Gasteiger partial charge in [-0.2, -0.15) is 18.2 Å². The SMILES string of the molecule is CC(=O)N1N=C(c2cccnc2)OC1c1ccccc1C(F)(F)F. The number of carbonyl (C=O) groups is 1. The van der Waals surface area contributed by atoms with Crippen LogP contribution in [0.25, 0.3) is 0 Å². The Morgan fingerprint density at radius 2 is 1.96 bits per heavy atom. The minimum atomic E-state index is -4.57. The summed E-state index contributed by atoms with van der Waals surface area (Å²) in [6, 6.07) is 8.22. The number of ether oxygens (including phenoxy) is 1. The van der Waals surface area contributed by atoms with Crippen LogP contribution in [0, 0.1) is 0 Å². The number of carbonyl (C=O) groups excluding carboxylic acids is 1. The number of amides is 1. The zero-order chi connectivity index (χ0) is 17.3. The molecule has 8 heteroatoms. The first-order valence-electron chi connectivity index (χ1n) is 6.99. The first kappa shape index (κ1) is 16.0. The number of pyridine rings is 1. The Bertz CT molecular complexity index is 791.